The van der Waals surface area contributed by atoms with Gasteiger partial charge >= 0.3 is 23.9 Å². The highest BCUT2D eigenvalue weighted by Crippen LogP contribution is 1.98. The monoisotopic (exact) mass is 244 g/mol. The summed E-state index contributed by atoms with van der Waals surface area (Å²) in [5.41, 5.74) is 9.60. The van der Waals surface area contributed by atoms with Crippen LogP contribution in [0.3, 0.4) is 0 Å². The van der Waals surface area contributed by atoms with Crippen molar-refractivity contribution in [2.75, 3.05) is 13.1 Å². The SMILES string of the molecule is C/C(=C\C(=O)OC(=O)CN)C(=O)OC(=O)CN. The smallest absolute Gasteiger partial charge is 0.341 e. The standard InChI is InChI=1S/C9H12N2O6/c1-5(9(15)17-8(14)4-11)2-6(12)16-7(13)3-10/h2H,3-4,10-11H2,1H3/b5-2+. The summed E-state index contributed by atoms with van der Waals surface area (Å²) in [4.78, 5) is 43.4. The maximum absolute atomic E-state index is 11.1. The lowest BCUT2D eigenvalue weighted by Crippen LogP contribution is -2.22. The fourth-order valence-corrected chi connectivity index (χ4v) is 0.645. The highest BCUT2D eigenvalue weighted by atomic mass is 16.6. The van der Waals surface area contributed by atoms with E-state index in [1.165, 1.54) is 6.92 Å². The molecular weight excluding hydrogens is 232 g/mol. The summed E-state index contributed by atoms with van der Waals surface area (Å²) in [5, 5.41) is 0. The molecule has 0 aromatic heterocycles. The predicted octanol–water partition coefficient (Wildman–Crippen LogP) is -2.01. The van der Waals surface area contributed by atoms with Gasteiger partial charge in [0.25, 0.3) is 0 Å². The second kappa shape index (κ2) is 7.25. The van der Waals surface area contributed by atoms with Crippen molar-refractivity contribution in [2.45, 2.75) is 6.92 Å². The molecule has 0 aliphatic carbocycles. The van der Waals surface area contributed by atoms with Crippen LogP contribution in [0.2, 0.25) is 0 Å². The van der Waals surface area contributed by atoms with Crippen LogP contribution in [-0.4, -0.2) is 37.0 Å². The first kappa shape index (κ1) is 14.9. The van der Waals surface area contributed by atoms with Crippen LogP contribution in [0.15, 0.2) is 11.6 Å². The van der Waals surface area contributed by atoms with Gasteiger partial charge in [0.2, 0.25) is 0 Å². The van der Waals surface area contributed by atoms with E-state index in [0.717, 1.165) is 0 Å². The molecule has 0 radical (unpaired) electrons. The lowest BCUT2D eigenvalue weighted by atomic mass is 10.3. The van der Waals surface area contributed by atoms with Gasteiger partial charge in [0.05, 0.1) is 13.1 Å². The summed E-state index contributed by atoms with van der Waals surface area (Å²) in [6, 6.07) is 0. The molecule has 17 heavy (non-hydrogen) atoms. The van der Waals surface area contributed by atoms with Gasteiger partial charge in [0.15, 0.2) is 0 Å². The fraction of sp³-hybridized carbons (Fsp3) is 0.333. The van der Waals surface area contributed by atoms with E-state index in [-0.39, 0.29) is 5.57 Å². The Morgan fingerprint density at radius 3 is 1.94 bits per heavy atom. The quantitative estimate of drug-likeness (QED) is 0.328. The van der Waals surface area contributed by atoms with Gasteiger partial charge < -0.3 is 20.9 Å². The zero-order chi connectivity index (χ0) is 13.4. The largest absolute Gasteiger partial charge is 0.389 e. The van der Waals surface area contributed by atoms with Crippen molar-refractivity contribution in [3.63, 3.8) is 0 Å². The Balaban J connectivity index is 4.42. The van der Waals surface area contributed by atoms with Crippen LogP contribution in [0, 0.1) is 0 Å². The molecule has 0 spiro atoms. The third kappa shape index (κ3) is 6.17. The van der Waals surface area contributed by atoms with Crippen LogP contribution >= 0.6 is 0 Å². The number of hydrogen-bond acceptors (Lipinski definition) is 8. The molecule has 0 unspecified atom stereocenters. The summed E-state index contributed by atoms with van der Waals surface area (Å²) in [7, 11) is 0. The van der Waals surface area contributed by atoms with Gasteiger partial charge in [0, 0.05) is 11.6 Å². The van der Waals surface area contributed by atoms with Crippen molar-refractivity contribution in [1.29, 1.82) is 0 Å². The number of nitrogens with two attached hydrogens (primary N) is 2. The maximum Gasteiger partial charge on any atom is 0.341 e. The topological polar surface area (TPSA) is 139 Å². The Morgan fingerprint density at radius 1 is 1.00 bits per heavy atom. The van der Waals surface area contributed by atoms with Gasteiger partial charge in [-0.25, -0.2) is 9.59 Å². The van der Waals surface area contributed by atoms with Gasteiger partial charge in [-0.2, -0.15) is 0 Å². The number of carbonyl (C=O) groups is 4. The predicted molar refractivity (Wildman–Crippen MR) is 54.1 cm³/mol. The van der Waals surface area contributed by atoms with Gasteiger partial charge in [-0.1, -0.05) is 0 Å². The first-order valence-electron chi connectivity index (χ1n) is 4.48. The number of esters is 4. The number of ether oxygens (including phenoxy) is 2. The van der Waals surface area contributed by atoms with Crippen LogP contribution in [-0.2, 0) is 28.7 Å². The molecule has 0 heterocycles. The van der Waals surface area contributed by atoms with Gasteiger partial charge in [-0.3, -0.25) is 9.59 Å². The summed E-state index contributed by atoms with van der Waals surface area (Å²) in [5.74, 6) is -3.99. The summed E-state index contributed by atoms with van der Waals surface area (Å²) >= 11 is 0. The van der Waals surface area contributed by atoms with Crippen molar-refractivity contribution in [2.24, 2.45) is 11.5 Å². The summed E-state index contributed by atoms with van der Waals surface area (Å²) < 4.78 is 8.36. The van der Waals surface area contributed by atoms with Crippen molar-refractivity contribution in [3.8, 4) is 0 Å². The highest BCUT2D eigenvalue weighted by molar-refractivity contribution is 6.02. The van der Waals surface area contributed by atoms with E-state index >= 15 is 0 Å². The Labute approximate surface area is 96.5 Å². The number of hydrogen-bond donors (Lipinski definition) is 2. The van der Waals surface area contributed by atoms with Crippen LogP contribution < -0.4 is 11.5 Å². The molecular formula is C9H12N2O6. The molecule has 0 amide bonds. The molecule has 4 N–H and O–H groups in total. The molecule has 94 valence electrons. The van der Waals surface area contributed by atoms with Gasteiger partial charge in [-0.05, 0) is 6.92 Å². The Hall–Kier alpha value is -2.06. The van der Waals surface area contributed by atoms with Crippen molar-refractivity contribution in [1.82, 2.24) is 0 Å². The van der Waals surface area contributed by atoms with E-state index in [1.54, 1.807) is 0 Å². The lowest BCUT2D eigenvalue weighted by molar-refractivity contribution is -0.158. The van der Waals surface area contributed by atoms with E-state index in [4.69, 9.17) is 11.5 Å². The molecule has 0 aliphatic rings. The number of rotatable bonds is 4. The first-order chi connectivity index (χ1) is 7.90. The molecule has 0 atom stereocenters. The lowest BCUT2D eigenvalue weighted by Gasteiger charge is -2.01. The molecule has 0 rings (SSSR count). The number of carbonyl (C=O) groups excluding carboxylic acids is 4. The normalized spacial score (nSPS) is 10.6. The van der Waals surface area contributed by atoms with E-state index in [1.807, 2.05) is 0 Å². The average Bonchev–Trinajstić information content (AvgIpc) is 2.28. The second-order valence-corrected chi connectivity index (χ2v) is 2.79. The van der Waals surface area contributed by atoms with E-state index in [9.17, 15) is 19.2 Å². The molecule has 0 saturated carbocycles. The van der Waals surface area contributed by atoms with Crippen LogP contribution in [0.1, 0.15) is 6.92 Å². The summed E-state index contributed by atoms with van der Waals surface area (Å²) in [6.45, 7) is 0.282. The maximum atomic E-state index is 11.1. The molecule has 0 saturated heterocycles. The van der Waals surface area contributed by atoms with E-state index < -0.39 is 37.0 Å². The Bertz CT molecular complexity index is 374. The van der Waals surface area contributed by atoms with Crippen molar-refractivity contribution < 1.29 is 28.7 Å². The van der Waals surface area contributed by atoms with Crippen molar-refractivity contribution >= 4 is 23.9 Å². The molecule has 8 nitrogen and oxygen atoms in total. The average molecular weight is 244 g/mol. The zero-order valence-corrected chi connectivity index (χ0v) is 9.10. The molecule has 0 aliphatic heterocycles. The molecule has 0 aromatic carbocycles. The van der Waals surface area contributed by atoms with E-state index in [0.29, 0.717) is 6.08 Å². The van der Waals surface area contributed by atoms with Crippen LogP contribution in [0.4, 0.5) is 0 Å². The minimum Gasteiger partial charge on any atom is -0.389 e. The van der Waals surface area contributed by atoms with Crippen LogP contribution in [0.5, 0.6) is 0 Å². The second-order valence-electron chi connectivity index (χ2n) is 2.79. The fourth-order valence-electron chi connectivity index (χ4n) is 0.645. The Morgan fingerprint density at radius 2 is 1.47 bits per heavy atom. The zero-order valence-electron chi connectivity index (χ0n) is 9.10. The minimum absolute atomic E-state index is 0.207. The summed E-state index contributed by atoms with van der Waals surface area (Å²) in [6.07, 6.45) is 0.708. The third-order valence-corrected chi connectivity index (χ3v) is 1.41. The molecule has 0 bridgehead atoms. The highest BCUT2D eigenvalue weighted by Gasteiger charge is 2.14. The first-order valence-corrected chi connectivity index (χ1v) is 4.48. The van der Waals surface area contributed by atoms with Gasteiger partial charge in [0.1, 0.15) is 0 Å². The molecule has 0 aromatic rings. The third-order valence-electron chi connectivity index (χ3n) is 1.41. The molecule has 8 heteroatoms. The van der Waals surface area contributed by atoms with Crippen molar-refractivity contribution in [3.05, 3.63) is 11.6 Å². The minimum atomic E-state index is -1.07. The Kier molecular flexibility index (Phi) is 6.37. The van der Waals surface area contributed by atoms with E-state index in [2.05, 4.69) is 9.47 Å². The molecule has 0 fully saturated rings. The van der Waals surface area contributed by atoms with Crippen LogP contribution in [0.25, 0.3) is 0 Å². The van der Waals surface area contributed by atoms with Gasteiger partial charge in [-0.15, -0.1) is 0 Å².